The number of carbonyl (C=O) groups is 2. The molecule has 0 aliphatic carbocycles. The molecule has 2 heterocycles. The molecule has 0 aromatic carbocycles. The third-order valence-electron chi connectivity index (χ3n) is 3.71. The van der Waals surface area contributed by atoms with Crippen molar-refractivity contribution in [3.63, 3.8) is 0 Å². The van der Waals surface area contributed by atoms with Crippen LogP contribution in [0.15, 0.2) is 22.8 Å². The van der Waals surface area contributed by atoms with Crippen molar-refractivity contribution in [2.75, 3.05) is 18.4 Å². The van der Waals surface area contributed by atoms with E-state index >= 15 is 0 Å². The van der Waals surface area contributed by atoms with Crippen molar-refractivity contribution in [1.29, 1.82) is 0 Å². The molecule has 2 rings (SSSR count). The molecular weight excluding hydrogens is 338 g/mol. The van der Waals surface area contributed by atoms with Crippen molar-refractivity contribution in [1.82, 2.24) is 9.88 Å². The van der Waals surface area contributed by atoms with Gasteiger partial charge in [0.05, 0.1) is 5.92 Å². The zero-order valence-corrected chi connectivity index (χ0v) is 13.3. The number of pyridine rings is 1. The number of rotatable bonds is 4. The van der Waals surface area contributed by atoms with Gasteiger partial charge in [-0.15, -0.1) is 0 Å². The van der Waals surface area contributed by atoms with Gasteiger partial charge in [-0.2, -0.15) is 0 Å². The molecule has 1 amide bonds. The number of likely N-dealkylation sites (tertiary alicyclic amines) is 1. The standard InChI is InChI=1S/C14H18BrN3O3/c1-9(14(20)21)18-6-2-3-10(8-18)13(19)17-12-5-4-11(15)7-16-12/h4-5,7,9-10H,2-3,6,8H2,1H3,(H,20,21)(H,16,17,19)/t9-,10+/m0/s1. The van der Waals surface area contributed by atoms with E-state index in [2.05, 4.69) is 26.2 Å². The lowest BCUT2D eigenvalue weighted by Crippen LogP contribution is -2.47. The van der Waals surface area contributed by atoms with Crippen LogP contribution in [0.3, 0.4) is 0 Å². The van der Waals surface area contributed by atoms with E-state index in [4.69, 9.17) is 5.11 Å². The summed E-state index contributed by atoms with van der Waals surface area (Å²) in [5.74, 6) is -0.657. The molecular formula is C14H18BrN3O3. The molecule has 2 atom stereocenters. The average Bonchev–Trinajstić information content (AvgIpc) is 2.48. The van der Waals surface area contributed by atoms with Crippen LogP contribution in [0.2, 0.25) is 0 Å². The summed E-state index contributed by atoms with van der Waals surface area (Å²) >= 11 is 3.29. The minimum absolute atomic E-state index is 0.105. The molecule has 0 bridgehead atoms. The number of anilines is 1. The van der Waals surface area contributed by atoms with Crippen LogP contribution in [0.25, 0.3) is 0 Å². The van der Waals surface area contributed by atoms with Gasteiger partial charge in [0, 0.05) is 17.2 Å². The summed E-state index contributed by atoms with van der Waals surface area (Å²) in [5.41, 5.74) is 0. The van der Waals surface area contributed by atoms with E-state index in [1.807, 2.05) is 11.0 Å². The molecule has 114 valence electrons. The number of carboxylic acids is 1. The van der Waals surface area contributed by atoms with Gasteiger partial charge >= 0.3 is 5.97 Å². The van der Waals surface area contributed by atoms with Crippen LogP contribution in [0.5, 0.6) is 0 Å². The van der Waals surface area contributed by atoms with Crippen molar-refractivity contribution in [3.8, 4) is 0 Å². The van der Waals surface area contributed by atoms with E-state index in [1.165, 1.54) is 0 Å². The lowest BCUT2D eigenvalue weighted by atomic mass is 9.96. The summed E-state index contributed by atoms with van der Waals surface area (Å²) in [6.45, 7) is 2.84. The van der Waals surface area contributed by atoms with E-state index in [0.717, 1.165) is 17.3 Å². The largest absolute Gasteiger partial charge is 0.480 e. The molecule has 1 saturated heterocycles. The van der Waals surface area contributed by atoms with E-state index in [-0.39, 0.29) is 11.8 Å². The number of nitrogens with one attached hydrogen (secondary N) is 1. The highest BCUT2D eigenvalue weighted by molar-refractivity contribution is 9.10. The fourth-order valence-corrected chi connectivity index (χ4v) is 2.64. The SMILES string of the molecule is C[C@@H](C(=O)O)N1CCC[C@@H](C(=O)Nc2ccc(Br)cn2)C1. The summed E-state index contributed by atoms with van der Waals surface area (Å²) in [7, 11) is 0. The maximum atomic E-state index is 12.3. The minimum Gasteiger partial charge on any atom is -0.480 e. The minimum atomic E-state index is -0.856. The van der Waals surface area contributed by atoms with Gasteiger partial charge in [0.25, 0.3) is 0 Å². The lowest BCUT2D eigenvalue weighted by molar-refractivity contribution is -0.144. The van der Waals surface area contributed by atoms with Crippen molar-refractivity contribution in [3.05, 3.63) is 22.8 Å². The third kappa shape index (κ3) is 4.25. The van der Waals surface area contributed by atoms with Crippen LogP contribution in [0.1, 0.15) is 19.8 Å². The van der Waals surface area contributed by atoms with Crippen molar-refractivity contribution in [2.45, 2.75) is 25.8 Å². The van der Waals surface area contributed by atoms with Gasteiger partial charge in [-0.25, -0.2) is 4.98 Å². The third-order valence-corrected chi connectivity index (χ3v) is 4.18. The number of hydrogen-bond acceptors (Lipinski definition) is 4. The maximum Gasteiger partial charge on any atom is 0.320 e. The first-order chi connectivity index (χ1) is 9.97. The van der Waals surface area contributed by atoms with E-state index in [0.29, 0.717) is 18.9 Å². The van der Waals surface area contributed by atoms with Gasteiger partial charge in [-0.1, -0.05) is 0 Å². The molecule has 1 aromatic heterocycles. The number of carbonyl (C=O) groups excluding carboxylic acids is 1. The first-order valence-electron chi connectivity index (χ1n) is 6.86. The molecule has 2 N–H and O–H groups in total. The molecule has 1 fully saturated rings. The Morgan fingerprint density at radius 2 is 2.29 bits per heavy atom. The van der Waals surface area contributed by atoms with Gasteiger partial charge in [0.1, 0.15) is 11.9 Å². The Hall–Kier alpha value is -1.47. The number of hydrogen-bond donors (Lipinski definition) is 2. The van der Waals surface area contributed by atoms with Gasteiger partial charge in [-0.3, -0.25) is 14.5 Å². The Kier molecular flexibility index (Phi) is 5.30. The molecule has 0 spiro atoms. The highest BCUT2D eigenvalue weighted by Crippen LogP contribution is 2.20. The topological polar surface area (TPSA) is 82.5 Å². The summed E-state index contributed by atoms with van der Waals surface area (Å²) in [5, 5.41) is 11.8. The maximum absolute atomic E-state index is 12.3. The second-order valence-corrected chi connectivity index (χ2v) is 6.11. The van der Waals surface area contributed by atoms with Crippen molar-refractivity contribution >= 4 is 33.6 Å². The Morgan fingerprint density at radius 1 is 1.52 bits per heavy atom. The van der Waals surface area contributed by atoms with E-state index in [1.54, 1.807) is 19.2 Å². The van der Waals surface area contributed by atoms with Gasteiger partial charge in [0.2, 0.25) is 5.91 Å². The number of carboxylic acid groups (broad SMARTS) is 1. The molecule has 6 nitrogen and oxygen atoms in total. The van der Waals surface area contributed by atoms with Gasteiger partial charge < -0.3 is 10.4 Å². The van der Waals surface area contributed by atoms with E-state index < -0.39 is 12.0 Å². The predicted molar refractivity (Wildman–Crippen MR) is 82.0 cm³/mol. The second kappa shape index (κ2) is 7.00. The average molecular weight is 356 g/mol. The molecule has 0 unspecified atom stereocenters. The smallest absolute Gasteiger partial charge is 0.320 e. The van der Waals surface area contributed by atoms with Crippen molar-refractivity contribution in [2.24, 2.45) is 5.92 Å². The first kappa shape index (κ1) is 15.9. The number of piperidine rings is 1. The van der Waals surface area contributed by atoms with Crippen LogP contribution >= 0.6 is 15.9 Å². The second-order valence-electron chi connectivity index (χ2n) is 5.20. The fraction of sp³-hybridized carbons (Fsp3) is 0.500. The zero-order valence-electron chi connectivity index (χ0n) is 11.8. The molecule has 7 heteroatoms. The van der Waals surface area contributed by atoms with Gasteiger partial charge in [-0.05, 0) is 54.4 Å². The van der Waals surface area contributed by atoms with Crippen LogP contribution in [0, 0.1) is 5.92 Å². The summed E-state index contributed by atoms with van der Waals surface area (Å²) in [6, 6.07) is 2.97. The number of aliphatic carboxylic acids is 1. The monoisotopic (exact) mass is 355 g/mol. The van der Waals surface area contributed by atoms with Crippen LogP contribution in [-0.4, -0.2) is 46.0 Å². The zero-order chi connectivity index (χ0) is 15.4. The highest BCUT2D eigenvalue weighted by Gasteiger charge is 2.30. The quantitative estimate of drug-likeness (QED) is 0.862. The predicted octanol–water partition coefficient (Wildman–Crippen LogP) is 1.97. The van der Waals surface area contributed by atoms with Gasteiger partial charge in [0.15, 0.2) is 0 Å². The summed E-state index contributed by atoms with van der Waals surface area (Å²) in [4.78, 5) is 29.2. The van der Waals surface area contributed by atoms with E-state index in [9.17, 15) is 9.59 Å². The van der Waals surface area contributed by atoms with Crippen molar-refractivity contribution < 1.29 is 14.7 Å². The van der Waals surface area contributed by atoms with Crippen LogP contribution < -0.4 is 5.32 Å². The molecule has 1 aliphatic heterocycles. The number of halogens is 1. The van der Waals surface area contributed by atoms with Crippen LogP contribution in [0.4, 0.5) is 5.82 Å². The van der Waals surface area contributed by atoms with Crippen LogP contribution in [-0.2, 0) is 9.59 Å². The number of aromatic nitrogens is 1. The highest BCUT2D eigenvalue weighted by atomic mass is 79.9. The first-order valence-corrected chi connectivity index (χ1v) is 7.66. The lowest BCUT2D eigenvalue weighted by Gasteiger charge is -2.34. The Balaban J connectivity index is 1.95. The molecule has 21 heavy (non-hydrogen) atoms. The Labute approximate surface area is 131 Å². The summed E-state index contributed by atoms with van der Waals surface area (Å²) < 4.78 is 0.847. The molecule has 1 aromatic rings. The molecule has 0 saturated carbocycles. The number of nitrogens with zero attached hydrogens (tertiary/aromatic N) is 2. The molecule has 0 radical (unpaired) electrons. The molecule has 1 aliphatic rings. The fourth-order valence-electron chi connectivity index (χ4n) is 2.41. The Morgan fingerprint density at radius 3 is 2.90 bits per heavy atom. The number of amides is 1. The Bertz CT molecular complexity index is 521. The normalized spacial score (nSPS) is 20.8. The summed E-state index contributed by atoms with van der Waals surface area (Å²) in [6.07, 6.45) is 3.21.